The van der Waals surface area contributed by atoms with E-state index in [0.717, 1.165) is 9.79 Å². The van der Waals surface area contributed by atoms with Gasteiger partial charge in [-0.25, -0.2) is 9.59 Å². The fourth-order valence-electron chi connectivity index (χ4n) is 2.27. The van der Waals surface area contributed by atoms with E-state index in [2.05, 4.69) is 0 Å². The van der Waals surface area contributed by atoms with E-state index in [1.54, 1.807) is 0 Å². The lowest BCUT2D eigenvalue weighted by molar-refractivity contribution is -0.222. The van der Waals surface area contributed by atoms with Crippen LogP contribution < -0.4 is 0 Å². The summed E-state index contributed by atoms with van der Waals surface area (Å²) in [6.07, 6.45) is 1.49. The molecule has 0 N–H and O–H groups in total. The van der Waals surface area contributed by atoms with Gasteiger partial charge in [0, 0.05) is 23.6 Å². The fraction of sp³-hybridized carbons (Fsp3) is 0.158. The molecule has 2 aromatic carbocycles. The number of esters is 2. The Morgan fingerprint density at radius 2 is 1.48 bits per heavy atom. The molecule has 0 radical (unpaired) electrons. The standard InChI is InChI=1S/C19H15ClO4S/c1-19(2)23-17(21)13(18(22)24-19)11-12-7-3-5-9-15(12)25-16-10-6-4-8-14(16)20/h3-11H,1-2H3. The fourth-order valence-corrected chi connectivity index (χ4v) is 3.46. The first-order valence-electron chi connectivity index (χ1n) is 7.55. The molecule has 0 unspecified atom stereocenters. The van der Waals surface area contributed by atoms with Crippen molar-refractivity contribution < 1.29 is 19.1 Å². The number of carbonyl (C=O) groups is 2. The van der Waals surface area contributed by atoms with Gasteiger partial charge in [-0.05, 0) is 29.8 Å². The highest BCUT2D eigenvalue weighted by molar-refractivity contribution is 7.99. The number of benzene rings is 2. The summed E-state index contributed by atoms with van der Waals surface area (Å²) >= 11 is 7.66. The van der Waals surface area contributed by atoms with Crippen LogP contribution in [0.5, 0.6) is 0 Å². The summed E-state index contributed by atoms with van der Waals surface area (Å²) in [5.74, 6) is -2.64. The maximum Gasteiger partial charge on any atom is 0.348 e. The van der Waals surface area contributed by atoms with Crippen molar-refractivity contribution in [2.75, 3.05) is 0 Å². The van der Waals surface area contributed by atoms with Gasteiger partial charge >= 0.3 is 11.9 Å². The molecular formula is C19H15ClO4S. The summed E-state index contributed by atoms with van der Waals surface area (Å²) in [7, 11) is 0. The zero-order valence-corrected chi connectivity index (χ0v) is 15.2. The Balaban J connectivity index is 1.95. The van der Waals surface area contributed by atoms with Gasteiger partial charge in [-0.3, -0.25) is 0 Å². The molecule has 0 saturated carbocycles. The van der Waals surface area contributed by atoms with Crippen LogP contribution in [0.15, 0.2) is 63.9 Å². The molecule has 25 heavy (non-hydrogen) atoms. The van der Waals surface area contributed by atoms with Gasteiger partial charge in [0.1, 0.15) is 5.57 Å². The van der Waals surface area contributed by atoms with Gasteiger partial charge in [-0.15, -0.1) is 0 Å². The van der Waals surface area contributed by atoms with Crippen LogP contribution in [-0.4, -0.2) is 17.7 Å². The first-order chi connectivity index (χ1) is 11.9. The Morgan fingerprint density at radius 1 is 0.920 bits per heavy atom. The smallest absolute Gasteiger partial charge is 0.348 e. The molecule has 3 rings (SSSR count). The number of hydrogen-bond acceptors (Lipinski definition) is 5. The van der Waals surface area contributed by atoms with Gasteiger partial charge in [-0.2, -0.15) is 0 Å². The number of carbonyl (C=O) groups excluding carboxylic acids is 2. The van der Waals surface area contributed by atoms with E-state index >= 15 is 0 Å². The van der Waals surface area contributed by atoms with Crippen LogP contribution in [0.25, 0.3) is 6.08 Å². The van der Waals surface area contributed by atoms with E-state index in [1.807, 2.05) is 48.5 Å². The third-order valence-electron chi connectivity index (χ3n) is 3.39. The minimum Gasteiger partial charge on any atom is -0.419 e. The maximum absolute atomic E-state index is 12.1. The predicted molar refractivity (Wildman–Crippen MR) is 96.3 cm³/mol. The molecule has 1 saturated heterocycles. The van der Waals surface area contributed by atoms with Crippen molar-refractivity contribution >= 4 is 41.4 Å². The van der Waals surface area contributed by atoms with E-state index in [0.29, 0.717) is 10.6 Å². The second-order valence-electron chi connectivity index (χ2n) is 5.81. The van der Waals surface area contributed by atoms with Crippen LogP contribution in [-0.2, 0) is 19.1 Å². The monoisotopic (exact) mass is 374 g/mol. The predicted octanol–water partition coefficient (Wildman–Crippen LogP) is 4.71. The summed E-state index contributed by atoms with van der Waals surface area (Å²) in [6, 6.07) is 14.9. The van der Waals surface area contributed by atoms with Crippen molar-refractivity contribution in [3.8, 4) is 0 Å². The topological polar surface area (TPSA) is 52.6 Å². The highest BCUT2D eigenvalue weighted by Crippen LogP contribution is 2.36. The summed E-state index contributed by atoms with van der Waals surface area (Å²) in [6.45, 7) is 3.03. The van der Waals surface area contributed by atoms with Crippen LogP contribution in [0, 0.1) is 0 Å². The minimum atomic E-state index is -1.25. The number of cyclic esters (lactones) is 2. The number of hydrogen-bond donors (Lipinski definition) is 0. The van der Waals surface area contributed by atoms with Crippen LogP contribution in [0.3, 0.4) is 0 Å². The first kappa shape index (κ1) is 17.6. The Kier molecular flexibility index (Phi) is 4.88. The zero-order valence-electron chi connectivity index (χ0n) is 13.6. The first-order valence-corrected chi connectivity index (χ1v) is 8.75. The van der Waals surface area contributed by atoms with Crippen molar-refractivity contribution in [1.29, 1.82) is 0 Å². The van der Waals surface area contributed by atoms with E-state index in [9.17, 15) is 9.59 Å². The quantitative estimate of drug-likeness (QED) is 0.442. The van der Waals surface area contributed by atoms with Gasteiger partial charge in [-0.1, -0.05) is 53.7 Å². The summed E-state index contributed by atoms with van der Waals surface area (Å²) in [4.78, 5) is 26.0. The SMILES string of the molecule is CC1(C)OC(=O)C(=Cc2ccccc2Sc2ccccc2Cl)C(=O)O1. The molecule has 0 bridgehead atoms. The minimum absolute atomic E-state index is 0.133. The van der Waals surface area contributed by atoms with E-state index in [4.69, 9.17) is 21.1 Å². The lowest BCUT2D eigenvalue weighted by Gasteiger charge is -2.29. The molecule has 0 aromatic heterocycles. The molecule has 6 heteroatoms. The maximum atomic E-state index is 12.1. The number of halogens is 1. The molecule has 0 spiro atoms. The van der Waals surface area contributed by atoms with E-state index < -0.39 is 17.7 Å². The lowest BCUT2D eigenvalue weighted by Crippen LogP contribution is -2.41. The Morgan fingerprint density at radius 3 is 2.12 bits per heavy atom. The highest BCUT2D eigenvalue weighted by atomic mass is 35.5. The lowest BCUT2D eigenvalue weighted by atomic mass is 10.1. The summed E-state index contributed by atoms with van der Waals surface area (Å²) < 4.78 is 10.3. The van der Waals surface area contributed by atoms with Crippen molar-refractivity contribution in [2.24, 2.45) is 0 Å². The number of ether oxygens (including phenoxy) is 2. The normalized spacial score (nSPS) is 16.2. The molecule has 1 fully saturated rings. The van der Waals surface area contributed by atoms with Gasteiger partial charge in [0.05, 0.1) is 5.02 Å². The molecule has 1 aliphatic heterocycles. The third kappa shape index (κ3) is 4.06. The van der Waals surface area contributed by atoms with Gasteiger partial charge in [0.2, 0.25) is 0 Å². The van der Waals surface area contributed by atoms with Crippen molar-refractivity contribution in [3.05, 3.63) is 64.7 Å². The van der Waals surface area contributed by atoms with Crippen LogP contribution in [0.1, 0.15) is 19.4 Å². The largest absolute Gasteiger partial charge is 0.419 e. The zero-order chi connectivity index (χ0) is 18.0. The molecule has 1 aliphatic rings. The van der Waals surface area contributed by atoms with Crippen molar-refractivity contribution in [2.45, 2.75) is 29.4 Å². The van der Waals surface area contributed by atoms with Gasteiger partial charge in [0.25, 0.3) is 5.79 Å². The second kappa shape index (κ2) is 6.94. The molecule has 128 valence electrons. The van der Waals surface area contributed by atoms with Crippen LogP contribution in [0.4, 0.5) is 0 Å². The number of rotatable bonds is 3. The molecule has 1 heterocycles. The summed E-state index contributed by atoms with van der Waals surface area (Å²) in [5.41, 5.74) is 0.572. The Hall–Kier alpha value is -2.24. The average Bonchev–Trinajstić information content (AvgIpc) is 2.53. The summed E-state index contributed by atoms with van der Waals surface area (Å²) in [5, 5.41) is 0.633. The third-order valence-corrected chi connectivity index (χ3v) is 5.00. The van der Waals surface area contributed by atoms with Gasteiger partial charge < -0.3 is 9.47 Å². The molecule has 0 aliphatic carbocycles. The van der Waals surface area contributed by atoms with E-state index in [1.165, 1.54) is 31.7 Å². The highest BCUT2D eigenvalue weighted by Gasteiger charge is 2.38. The molecular weight excluding hydrogens is 360 g/mol. The average molecular weight is 375 g/mol. The van der Waals surface area contributed by atoms with Crippen LogP contribution >= 0.6 is 23.4 Å². The molecule has 4 nitrogen and oxygen atoms in total. The molecule has 0 amide bonds. The Bertz CT molecular complexity index is 851. The van der Waals surface area contributed by atoms with Gasteiger partial charge in [0.15, 0.2) is 0 Å². The second-order valence-corrected chi connectivity index (χ2v) is 7.30. The van der Waals surface area contributed by atoms with Crippen molar-refractivity contribution in [1.82, 2.24) is 0 Å². The molecule has 2 aromatic rings. The Labute approximate surface area is 154 Å². The van der Waals surface area contributed by atoms with Crippen molar-refractivity contribution in [3.63, 3.8) is 0 Å². The van der Waals surface area contributed by atoms with E-state index in [-0.39, 0.29) is 5.57 Å². The van der Waals surface area contributed by atoms with Crippen LogP contribution in [0.2, 0.25) is 5.02 Å². The molecule has 0 atom stereocenters.